The van der Waals surface area contributed by atoms with E-state index >= 15 is 0 Å². The summed E-state index contributed by atoms with van der Waals surface area (Å²) in [5.41, 5.74) is 4.49. The summed E-state index contributed by atoms with van der Waals surface area (Å²) in [5.74, 6) is -1.26. The predicted molar refractivity (Wildman–Crippen MR) is 53.6 cm³/mol. The number of nitrogens with zero attached hydrogens (tertiary/aromatic N) is 2. The summed E-state index contributed by atoms with van der Waals surface area (Å²) < 4.78 is 0. The number of rotatable bonds is 3. The van der Waals surface area contributed by atoms with Crippen LogP contribution in [0.4, 0.5) is 11.4 Å². The van der Waals surface area contributed by atoms with Crippen LogP contribution in [-0.4, -0.2) is 16.0 Å². The molecule has 0 spiro atoms. The summed E-state index contributed by atoms with van der Waals surface area (Å²) >= 11 is 0. The number of aliphatic carboxylic acids is 1. The van der Waals surface area contributed by atoms with Crippen LogP contribution in [0.5, 0.6) is 0 Å². The average molecular weight is 221 g/mol. The normalized spacial score (nSPS) is 9.44. The molecule has 0 saturated carbocycles. The molecule has 1 aromatic carbocycles. The van der Waals surface area contributed by atoms with Gasteiger partial charge in [0.25, 0.3) is 5.69 Å². The number of nitrogen functional groups attached to an aromatic ring is 1. The Kier molecular flexibility index (Phi) is 3.06. The van der Waals surface area contributed by atoms with Gasteiger partial charge < -0.3 is 10.8 Å². The molecule has 0 heterocycles. The lowest BCUT2D eigenvalue weighted by molar-refractivity contribution is -0.384. The van der Waals surface area contributed by atoms with E-state index in [0.717, 1.165) is 0 Å². The van der Waals surface area contributed by atoms with E-state index < -0.39 is 23.0 Å². The minimum atomic E-state index is -1.26. The second kappa shape index (κ2) is 4.27. The maximum absolute atomic E-state index is 10.7. The maximum Gasteiger partial charge on any atom is 0.308 e. The first-order valence-electron chi connectivity index (χ1n) is 4.15. The number of anilines is 1. The van der Waals surface area contributed by atoms with E-state index in [1.807, 2.05) is 0 Å². The first-order chi connectivity index (χ1) is 7.47. The first-order valence-corrected chi connectivity index (χ1v) is 4.15. The highest BCUT2D eigenvalue weighted by Gasteiger charge is 2.23. The second-order valence-electron chi connectivity index (χ2n) is 2.97. The van der Waals surface area contributed by atoms with Crippen LogP contribution in [-0.2, 0) is 11.2 Å². The van der Waals surface area contributed by atoms with Crippen LogP contribution in [0.1, 0.15) is 11.1 Å². The molecule has 0 aliphatic heterocycles. The summed E-state index contributed by atoms with van der Waals surface area (Å²) in [7, 11) is 0. The molecule has 0 saturated heterocycles. The third kappa shape index (κ3) is 2.06. The standard InChI is InChI=1S/C9H7N3O4/c10-4-5-1-2-7(11)9(12(15)16)6(5)3-8(13)14/h1-2H,3,11H2,(H,13,14). The third-order valence-electron chi connectivity index (χ3n) is 1.94. The molecule has 0 radical (unpaired) electrons. The molecule has 1 rings (SSSR count). The molecular weight excluding hydrogens is 214 g/mol. The van der Waals surface area contributed by atoms with Gasteiger partial charge in [0.2, 0.25) is 0 Å². The lowest BCUT2D eigenvalue weighted by Crippen LogP contribution is -2.08. The fraction of sp³-hybridized carbons (Fsp3) is 0.111. The molecule has 7 heteroatoms. The number of carbonyl (C=O) groups is 1. The highest BCUT2D eigenvalue weighted by molar-refractivity contribution is 5.77. The summed E-state index contributed by atoms with van der Waals surface area (Å²) in [6, 6.07) is 4.17. The molecule has 1 aromatic rings. The Hall–Kier alpha value is -2.62. The van der Waals surface area contributed by atoms with Crippen LogP contribution in [0.25, 0.3) is 0 Å². The van der Waals surface area contributed by atoms with Crippen molar-refractivity contribution in [2.75, 3.05) is 5.73 Å². The molecular formula is C9H7N3O4. The van der Waals surface area contributed by atoms with Gasteiger partial charge in [-0.1, -0.05) is 0 Å². The first kappa shape index (κ1) is 11.5. The van der Waals surface area contributed by atoms with Crippen molar-refractivity contribution in [2.24, 2.45) is 0 Å². The van der Waals surface area contributed by atoms with Crippen LogP contribution < -0.4 is 5.73 Å². The van der Waals surface area contributed by atoms with Crippen LogP contribution in [0.3, 0.4) is 0 Å². The number of nitriles is 1. The van der Waals surface area contributed by atoms with Crippen molar-refractivity contribution in [1.29, 1.82) is 5.26 Å². The lowest BCUT2D eigenvalue weighted by Gasteiger charge is -2.04. The average Bonchev–Trinajstić information content (AvgIpc) is 2.16. The largest absolute Gasteiger partial charge is 0.481 e. The van der Waals surface area contributed by atoms with Gasteiger partial charge in [-0.25, -0.2) is 0 Å². The molecule has 0 fully saturated rings. The molecule has 0 atom stereocenters. The fourth-order valence-corrected chi connectivity index (χ4v) is 1.30. The molecule has 0 aliphatic carbocycles. The zero-order chi connectivity index (χ0) is 12.3. The zero-order valence-electron chi connectivity index (χ0n) is 8.01. The van der Waals surface area contributed by atoms with Crippen molar-refractivity contribution in [3.63, 3.8) is 0 Å². The summed E-state index contributed by atoms with van der Waals surface area (Å²) in [6.07, 6.45) is -0.607. The minimum absolute atomic E-state index is 0.0525. The molecule has 0 amide bonds. The third-order valence-corrected chi connectivity index (χ3v) is 1.94. The molecule has 0 bridgehead atoms. The van der Waals surface area contributed by atoms with E-state index in [0.29, 0.717) is 0 Å². The lowest BCUT2D eigenvalue weighted by atomic mass is 10.0. The van der Waals surface area contributed by atoms with E-state index in [2.05, 4.69) is 0 Å². The van der Waals surface area contributed by atoms with Crippen molar-refractivity contribution in [3.8, 4) is 6.07 Å². The number of hydrogen-bond acceptors (Lipinski definition) is 5. The van der Waals surface area contributed by atoms with Gasteiger partial charge in [-0.05, 0) is 12.1 Å². The molecule has 0 aromatic heterocycles. The monoisotopic (exact) mass is 221 g/mol. The molecule has 7 nitrogen and oxygen atoms in total. The van der Waals surface area contributed by atoms with Crippen molar-refractivity contribution < 1.29 is 14.8 Å². The molecule has 3 N–H and O–H groups in total. The second-order valence-corrected chi connectivity index (χ2v) is 2.97. The number of nitro benzene ring substituents is 1. The zero-order valence-corrected chi connectivity index (χ0v) is 8.01. The SMILES string of the molecule is N#Cc1ccc(N)c([N+](=O)[O-])c1CC(=O)O. The Balaban J connectivity index is 3.50. The highest BCUT2D eigenvalue weighted by atomic mass is 16.6. The Labute approximate surface area is 89.9 Å². The van der Waals surface area contributed by atoms with Crippen LogP contribution in [0.2, 0.25) is 0 Å². The smallest absolute Gasteiger partial charge is 0.308 e. The number of benzene rings is 1. The quantitative estimate of drug-likeness (QED) is 0.438. The molecule has 82 valence electrons. The molecule has 0 unspecified atom stereocenters. The number of carboxylic acids is 1. The maximum atomic E-state index is 10.7. The Morgan fingerprint density at radius 1 is 1.62 bits per heavy atom. The van der Waals surface area contributed by atoms with Gasteiger partial charge in [-0.15, -0.1) is 0 Å². The fourth-order valence-electron chi connectivity index (χ4n) is 1.30. The Bertz CT molecular complexity index is 504. The number of hydrogen-bond donors (Lipinski definition) is 2. The number of carboxylic acid groups (broad SMARTS) is 1. The van der Waals surface area contributed by atoms with Crippen LogP contribution in [0.15, 0.2) is 12.1 Å². The van der Waals surface area contributed by atoms with Gasteiger partial charge in [0.15, 0.2) is 0 Å². The molecule has 16 heavy (non-hydrogen) atoms. The van der Waals surface area contributed by atoms with Crippen molar-refractivity contribution in [2.45, 2.75) is 6.42 Å². The van der Waals surface area contributed by atoms with E-state index in [4.69, 9.17) is 16.1 Å². The van der Waals surface area contributed by atoms with Crippen molar-refractivity contribution in [3.05, 3.63) is 33.4 Å². The summed E-state index contributed by atoms with van der Waals surface area (Å²) in [4.78, 5) is 20.5. The Morgan fingerprint density at radius 2 is 2.25 bits per heavy atom. The predicted octanol–water partition coefficient (Wildman–Crippen LogP) is 0.676. The van der Waals surface area contributed by atoms with Crippen LogP contribution in [0, 0.1) is 21.4 Å². The van der Waals surface area contributed by atoms with Crippen LogP contribution >= 0.6 is 0 Å². The topological polar surface area (TPSA) is 130 Å². The minimum Gasteiger partial charge on any atom is -0.481 e. The number of nitrogens with two attached hydrogens (primary N) is 1. The van der Waals surface area contributed by atoms with E-state index in [9.17, 15) is 14.9 Å². The van der Waals surface area contributed by atoms with Gasteiger partial charge in [0, 0.05) is 0 Å². The van der Waals surface area contributed by atoms with E-state index in [1.165, 1.54) is 12.1 Å². The van der Waals surface area contributed by atoms with Crippen molar-refractivity contribution >= 4 is 17.3 Å². The molecule has 0 aliphatic rings. The van der Waals surface area contributed by atoms with Crippen molar-refractivity contribution in [1.82, 2.24) is 0 Å². The van der Waals surface area contributed by atoms with Gasteiger partial charge in [-0.2, -0.15) is 5.26 Å². The highest BCUT2D eigenvalue weighted by Crippen LogP contribution is 2.29. The van der Waals surface area contributed by atoms with Gasteiger partial charge >= 0.3 is 5.97 Å². The van der Waals surface area contributed by atoms with Gasteiger partial charge in [0.05, 0.1) is 28.5 Å². The number of nitro groups is 1. The van der Waals surface area contributed by atoms with E-state index in [-0.39, 0.29) is 16.8 Å². The summed E-state index contributed by atoms with van der Waals surface area (Å²) in [6.45, 7) is 0. The summed E-state index contributed by atoms with van der Waals surface area (Å²) in [5, 5.41) is 28.0. The van der Waals surface area contributed by atoms with Gasteiger partial charge in [-0.3, -0.25) is 14.9 Å². The van der Waals surface area contributed by atoms with Gasteiger partial charge in [0.1, 0.15) is 5.69 Å². The van der Waals surface area contributed by atoms with E-state index in [1.54, 1.807) is 6.07 Å². The Morgan fingerprint density at radius 3 is 2.69 bits per heavy atom.